The van der Waals surface area contributed by atoms with Crippen molar-refractivity contribution in [3.05, 3.63) is 72.1 Å². The van der Waals surface area contributed by atoms with E-state index in [0.717, 1.165) is 16.7 Å². The number of rotatable bonds is 1. The molecule has 2 nitrogen and oxygen atoms in total. The zero-order chi connectivity index (χ0) is 11.7. The molecule has 0 aliphatic heterocycles. The lowest BCUT2D eigenvalue weighted by atomic mass is 10.1. The minimum atomic E-state index is 0.256. The maximum absolute atomic E-state index is 10.3. The summed E-state index contributed by atoms with van der Waals surface area (Å²) in [4.78, 5) is 0. The number of hydrogen-bond acceptors (Lipinski definition) is 1. The molecule has 0 fully saturated rings. The van der Waals surface area contributed by atoms with Crippen LogP contribution in [0.4, 0.5) is 0 Å². The summed E-state index contributed by atoms with van der Waals surface area (Å²) in [6.45, 7) is 0. The average molecular weight is 222 g/mol. The van der Waals surface area contributed by atoms with Gasteiger partial charge in [0.1, 0.15) is 0 Å². The molecular weight excluding hydrogens is 210 g/mol. The summed E-state index contributed by atoms with van der Waals surface area (Å²) in [5, 5.41) is 10.3. The molecule has 3 rings (SSSR count). The van der Waals surface area contributed by atoms with E-state index in [2.05, 4.69) is 0 Å². The zero-order valence-corrected chi connectivity index (χ0v) is 9.25. The van der Waals surface area contributed by atoms with Crippen molar-refractivity contribution in [2.24, 2.45) is 0 Å². The fourth-order valence-electron chi connectivity index (χ4n) is 2.02. The normalized spacial score (nSPS) is 15.8. The minimum Gasteiger partial charge on any atom is -0.459 e. The van der Waals surface area contributed by atoms with Crippen molar-refractivity contribution in [3.8, 4) is 0 Å². The van der Waals surface area contributed by atoms with Crippen LogP contribution in [0.2, 0.25) is 0 Å². The number of hydrogen-bond donors (Lipinski definition) is 1. The molecule has 0 amide bonds. The molecule has 0 unspecified atom stereocenters. The number of aliphatic hydroxyl groups is 1. The zero-order valence-electron chi connectivity index (χ0n) is 9.25. The van der Waals surface area contributed by atoms with Crippen molar-refractivity contribution in [1.29, 1.82) is 0 Å². The van der Waals surface area contributed by atoms with Gasteiger partial charge >= 0.3 is 5.88 Å². The van der Waals surface area contributed by atoms with E-state index < -0.39 is 0 Å². The Morgan fingerprint density at radius 3 is 2.47 bits per heavy atom. The predicted molar refractivity (Wildman–Crippen MR) is 67.9 cm³/mol. The maximum Gasteiger partial charge on any atom is 0.378 e. The van der Waals surface area contributed by atoms with Crippen LogP contribution in [0.3, 0.4) is 0 Å². The first-order chi connectivity index (χ1) is 8.36. The van der Waals surface area contributed by atoms with E-state index in [0.29, 0.717) is 0 Å². The molecule has 1 N–H and O–H groups in total. The van der Waals surface area contributed by atoms with Crippen LogP contribution in [0.5, 0.6) is 0 Å². The molecule has 0 spiro atoms. The second kappa shape index (κ2) is 3.91. The number of pyridine rings is 1. The first kappa shape index (κ1) is 9.85. The standard InChI is InChI=1S/C15H11NO/c17-15(16-10-4-1-5-11-16)14-9-8-12-6-2-3-7-13(12)14/h1-11H/p+1/b15-14-. The lowest BCUT2D eigenvalue weighted by Gasteiger charge is -2.00. The highest BCUT2D eigenvalue weighted by atomic mass is 16.3. The molecule has 17 heavy (non-hydrogen) atoms. The molecule has 1 aromatic carbocycles. The molecule has 1 heterocycles. The molecule has 0 saturated heterocycles. The largest absolute Gasteiger partial charge is 0.459 e. The van der Waals surface area contributed by atoms with Crippen LogP contribution >= 0.6 is 0 Å². The lowest BCUT2D eigenvalue weighted by molar-refractivity contribution is -0.598. The summed E-state index contributed by atoms with van der Waals surface area (Å²) in [5.41, 5.74) is 3.07. The molecule has 0 radical (unpaired) electrons. The van der Waals surface area contributed by atoms with Gasteiger partial charge in [-0.3, -0.25) is 0 Å². The van der Waals surface area contributed by atoms with E-state index in [1.807, 2.05) is 67.0 Å². The molecule has 0 atom stereocenters. The van der Waals surface area contributed by atoms with Crippen LogP contribution in [0.1, 0.15) is 11.1 Å². The Balaban J connectivity index is 2.15. The van der Waals surface area contributed by atoms with Gasteiger partial charge in [-0.15, -0.1) is 4.57 Å². The van der Waals surface area contributed by atoms with Crippen molar-refractivity contribution < 1.29 is 9.67 Å². The van der Waals surface area contributed by atoms with Crippen LogP contribution in [-0.4, -0.2) is 5.11 Å². The SMILES string of the molecule is O/C(=C1/C=Cc2ccccc21)[n+]1ccccc1. The highest BCUT2D eigenvalue weighted by molar-refractivity contribution is 5.95. The van der Waals surface area contributed by atoms with Crippen molar-refractivity contribution in [1.82, 2.24) is 0 Å². The number of benzene rings is 1. The number of nitrogens with zero attached hydrogens (tertiary/aromatic N) is 1. The Labute approximate surface area is 99.8 Å². The second-order valence-electron chi connectivity index (χ2n) is 3.94. The Morgan fingerprint density at radius 1 is 0.882 bits per heavy atom. The number of allylic oxidation sites excluding steroid dienone is 2. The predicted octanol–water partition coefficient (Wildman–Crippen LogP) is 2.88. The smallest absolute Gasteiger partial charge is 0.378 e. The van der Waals surface area contributed by atoms with Gasteiger partial charge in [-0.1, -0.05) is 36.4 Å². The van der Waals surface area contributed by atoms with Gasteiger partial charge in [0.15, 0.2) is 12.4 Å². The quantitative estimate of drug-likeness (QED) is 0.582. The summed E-state index contributed by atoms with van der Waals surface area (Å²) in [5.74, 6) is 0.256. The molecule has 2 aromatic rings. The summed E-state index contributed by atoms with van der Waals surface area (Å²) >= 11 is 0. The third kappa shape index (κ3) is 1.64. The topological polar surface area (TPSA) is 24.1 Å². The molecule has 82 valence electrons. The van der Waals surface area contributed by atoms with E-state index in [1.165, 1.54) is 0 Å². The van der Waals surface area contributed by atoms with Crippen LogP contribution < -0.4 is 4.57 Å². The fraction of sp³-hybridized carbons (Fsp3) is 0. The summed E-state index contributed by atoms with van der Waals surface area (Å²) in [7, 11) is 0. The molecule has 1 aromatic heterocycles. The van der Waals surface area contributed by atoms with Gasteiger partial charge in [-0.2, -0.15) is 0 Å². The lowest BCUT2D eigenvalue weighted by Crippen LogP contribution is -2.31. The van der Waals surface area contributed by atoms with Crippen molar-refractivity contribution in [2.75, 3.05) is 0 Å². The Hall–Kier alpha value is -2.35. The average Bonchev–Trinajstić information content (AvgIpc) is 2.83. The molecule has 0 bridgehead atoms. The van der Waals surface area contributed by atoms with Crippen LogP contribution in [-0.2, 0) is 0 Å². The van der Waals surface area contributed by atoms with Gasteiger partial charge in [0.05, 0.1) is 5.57 Å². The van der Waals surface area contributed by atoms with Crippen LogP contribution in [0.15, 0.2) is 60.9 Å². The van der Waals surface area contributed by atoms with Gasteiger partial charge in [-0.05, 0) is 17.2 Å². The molecule has 1 aliphatic carbocycles. The number of fused-ring (bicyclic) bond motifs is 1. The molecular formula is C15H12NO+. The maximum atomic E-state index is 10.3. The molecule has 0 saturated carbocycles. The van der Waals surface area contributed by atoms with Gasteiger partial charge in [0.25, 0.3) is 0 Å². The number of aromatic nitrogens is 1. The summed E-state index contributed by atoms with van der Waals surface area (Å²) in [6, 6.07) is 13.7. The van der Waals surface area contributed by atoms with E-state index in [-0.39, 0.29) is 5.88 Å². The second-order valence-corrected chi connectivity index (χ2v) is 3.94. The monoisotopic (exact) mass is 222 g/mol. The minimum absolute atomic E-state index is 0.256. The van der Waals surface area contributed by atoms with E-state index in [4.69, 9.17) is 0 Å². The summed E-state index contributed by atoms with van der Waals surface area (Å²) in [6.07, 6.45) is 7.62. The van der Waals surface area contributed by atoms with Crippen LogP contribution in [0.25, 0.3) is 17.5 Å². The Kier molecular flexibility index (Phi) is 2.26. The third-order valence-electron chi connectivity index (χ3n) is 2.88. The van der Waals surface area contributed by atoms with Crippen molar-refractivity contribution >= 4 is 17.5 Å². The summed E-state index contributed by atoms with van der Waals surface area (Å²) < 4.78 is 1.71. The van der Waals surface area contributed by atoms with E-state index in [1.54, 1.807) is 4.57 Å². The van der Waals surface area contributed by atoms with E-state index >= 15 is 0 Å². The fourth-order valence-corrected chi connectivity index (χ4v) is 2.02. The van der Waals surface area contributed by atoms with Gasteiger partial charge in [-0.25, -0.2) is 0 Å². The van der Waals surface area contributed by atoms with Gasteiger partial charge in [0.2, 0.25) is 0 Å². The van der Waals surface area contributed by atoms with E-state index in [9.17, 15) is 5.11 Å². The van der Waals surface area contributed by atoms with Gasteiger partial charge in [0, 0.05) is 12.1 Å². The third-order valence-corrected chi connectivity index (χ3v) is 2.88. The molecule has 2 heteroatoms. The van der Waals surface area contributed by atoms with Crippen LogP contribution in [0, 0.1) is 0 Å². The van der Waals surface area contributed by atoms with Crippen molar-refractivity contribution in [2.45, 2.75) is 0 Å². The number of aliphatic hydroxyl groups excluding tert-OH is 1. The first-order valence-electron chi connectivity index (χ1n) is 5.53. The highest BCUT2D eigenvalue weighted by Gasteiger charge is 2.20. The Morgan fingerprint density at radius 2 is 1.65 bits per heavy atom. The van der Waals surface area contributed by atoms with Crippen molar-refractivity contribution in [3.63, 3.8) is 0 Å². The Bertz CT molecular complexity index is 612. The first-order valence-corrected chi connectivity index (χ1v) is 5.53. The van der Waals surface area contributed by atoms with Gasteiger partial charge < -0.3 is 5.11 Å². The molecule has 1 aliphatic rings. The highest BCUT2D eigenvalue weighted by Crippen LogP contribution is 2.30.